The maximum absolute atomic E-state index is 11.0. The quantitative estimate of drug-likeness (QED) is 0.575. The van der Waals surface area contributed by atoms with E-state index in [1.165, 1.54) is 12.9 Å². The van der Waals surface area contributed by atoms with Crippen molar-refractivity contribution in [2.45, 2.75) is 6.92 Å². The second-order valence-corrected chi connectivity index (χ2v) is 3.39. The van der Waals surface area contributed by atoms with Gasteiger partial charge in [0.25, 0.3) is 0 Å². The third-order valence-electron chi connectivity index (χ3n) is 0.787. The van der Waals surface area contributed by atoms with E-state index in [0.717, 1.165) is 0 Å². The third kappa shape index (κ3) is 2.80. The Hall–Kier alpha value is -0.110. The minimum Gasteiger partial charge on any atom is -0.309 e. The van der Waals surface area contributed by atoms with Gasteiger partial charge in [-0.15, -0.1) is 0 Å². The summed E-state index contributed by atoms with van der Waals surface area (Å²) in [4.78, 5) is 0. The summed E-state index contributed by atoms with van der Waals surface area (Å²) in [6.07, 6.45) is 0. The van der Waals surface area contributed by atoms with Crippen LogP contribution in [-0.4, -0.2) is 13.7 Å². The molecule has 0 fully saturated rings. The molecular weight excluding hydrogens is 139 g/mol. The Balaban J connectivity index is 3.93. The Morgan fingerprint density at radius 3 is 2.44 bits per heavy atom. The first kappa shape index (κ1) is 8.89. The topological polar surface area (TPSA) is 35.5 Å². The normalized spacial score (nSPS) is 16.7. The van der Waals surface area contributed by atoms with Gasteiger partial charge in [-0.05, 0) is 6.92 Å². The van der Waals surface area contributed by atoms with Gasteiger partial charge in [-0.25, -0.2) is 0 Å². The van der Waals surface area contributed by atoms with Crippen LogP contribution in [0.5, 0.6) is 0 Å². The van der Waals surface area contributed by atoms with Crippen molar-refractivity contribution < 1.29 is 13.6 Å². The molecule has 0 aromatic rings. The fourth-order valence-electron chi connectivity index (χ4n) is 0.360. The zero-order valence-corrected chi connectivity index (χ0v) is 6.56. The minimum absolute atomic E-state index is 0.372. The zero-order chi connectivity index (χ0) is 7.33. The van der Waals surface area contributed by atoms with Crippen LogP contribution in [0, 0.1) is 0 Å². The van der Waals surface area contributed by atoms with Gasteiger partial charge in [0, 0.05) is 12.9 Å². The van der Waals surface area contributed by atoms with Gasteiger partial charge in [-0.1, -0.05) is 6.58 Å². The molecule has 0 amide bonds. The van der Waals surface area contributed by atoms with Crippen molar-refractivity contribution in [2.24, 2.45) is 0 Å². The Labute approximate surface area is 55.2 Å². The number of hydrogen-bond donors (Lipinski definition) is 0. The van der Waals surface area contributed by atoms with Gasteiger partial charge in [0.2, 0.25) is 0 Å². The molecule has 0 N–H and O–H groups in total. The molecule has 1 unspecified atom stereocenters. The van der Waals surface area contributed by atoms with E-state index in [0.29, 0.717) is 6.61 Å². The SMILES string of the molecule is C=CP(=O)(OC)OCC. The van der Waals surface area contributed by atoms with Gasteiger partial charge in [-0.3, -0.25) is 4.57 Å². The van der Waals surface area contributed by atoms with Crippen LogP contribution in [0.25, 0.3) is 0 Å². The molecule has 0 aromatic carbocycles. The molecule has 0 radical (unpaired) electrons. The molecule has 0 spiro atoms. The van der Waals surface area contributed by atoms with Crippen molar-refractivity contribution in [2.75, 3.05) is 13.7 Å². The fraction of sp³-hybridized carbons (Fsp3) is 0.600. The summed E-state index contributed by atoms with van der Waals surface area (Å²) >= 11 is 0. The van der Waals surface area contributed by atoms with Crippen LogP contribution in [0.2, 0.25) is 0 Å². The summed E-state index contributed by atoms with van der Waals surface area (Å²) in [5.41, 5.74) is 0. The Morgan fingerprint density at radius 2 is 2.33 bits per heavy atom. The molecule has 0 rings (SSSR count). The van der Waals surface area contributed by atoms with Crippen LogP contribution in [-0.2, 0) is 13.6 Å². The average molecular weight is 150 g/mol. The first-order valence-corrected chi connectivity index (χ1v) is 4.23. The molecule has 0 bridgehead atoms. The van der Waals surface area contributed by atoms with Gasteiger partial charge >= 0.3 is 7.60 Å². The highest BCUT2D eigenvalue weighted by atomic mass is 31.2. The Bertz CT molecular complexity index is 132. The van der Waals surface area contributed by atoms with Gasteiger partial charge in [0.15, 0.2) is 0 Å². The van der Waals surface area contributed by atoms with E-state index in [-0.39, 0.29) is 0 Å². The van der Waals surface area contributed by atoms with Crippen LogP contribution < -0.4 is 0 Å². The van der Waals surface area contributed by atoms with Crippen LogP contribution in [0.1, 0.15) is 6.92 Å². The summed E-state index contributed by atoms with van der Waals surface area (Å²) in [6.45, 7) is 5.43. The highest BCUT2D eigenvalue weighted by Crippen LogP contribution is 2.47. The van der Waals surface area contributed by atoms with Crippen molar-refractivity contribution in [1.82, 2.24) is 0 Å². The highest BCUT2D eigenvalue weighted by molar-refractivity contribution is 7.57. The van der Waals surface area contributed by atoms with E-state index in [1.54, 1.807) is 6.92 Å². The molecule has 0 aliphatic carbocycles. The lowest BCUT2D eigenvalue weighted by atomic mass is 10.9. The molecule has 54 valence electrons. The van der Waals surface area contributed by atoms with E-state index in [4.69, 9.17) is 4.52 Å². The molecule has 1 atom stereocenters. The van der Waals surface area contributed by atoms with Gasteiger partial charge in [0.05, 0.1) is 6.61 Å². The zero-order valence-electron chi connectivity index (χ0n) is 5.66. The van der Waals surface area contributed by atoms with Crippen molar-refractivity contribution in [3.05, 3.63) is 12.4 Å². The lowest BCUT2D eigenvalue weighted by molar-refractivity contribution is 0.253. The monoisotopic (exact) mass is 150 g/mol. The van der Waals surface area contributed by atoms with E-state index in [2.05, 4.69) is 11.1 Å². The first-order valence-electron chi connectivity index (χ1n) is 2.62. The molecule has 0 saturated carbocycles. The average Bonchev–Trinajstić information content (AvgIpc) is 1.89. The summed E-state index contributed by atoms with van der Waals surface area (Å²) < 4.78 is 20.3. The summed E-state index contributed by atoms with van der Waals surface area (Å²) in [6, 6.07) is 0. The maximum Gasteiger partial charge on any atom is 0.353 e. The predicted molar refractivity (Wildman–Crippen MR) is 36.4 cm³/mol. The van der Waals surface area contributed by atoms with Gasteiger partial charge < -0.3 is 9.05 Å². The first-order chi connectivity index (χ1) is 4.18. The Kier molecular flexibility index (Phi) is 3.78. The molecule has 9 heavy (non-hydrogen) atoms. The molecule has 3 nitrogen and oxygen atoms in total. The van der Waals surface area contributed by atoms with E-state index >= 15 is 0 Å². The largest absolute Gasteiger partial charge is 0.353 e. The highest BCUT2D eigenvalue weighted by Gasteiger charge is 2.14. The summed E-state index contributed by atoms with van der Waals surface area (Å²) in [5, 5.41) is 0. The maximum atomic E-state index is 11.0. The molecule has 4 heteroatoms. The van der Waals surface area contributed by atoms with E-state index in [1.807, 2.05) is 0 Å². The van der Waals surface area contributed by atoms with Crippen LogP contribution in [0.3, 0.4) is 0 Å². The fourth-order valence-corrected chi connectivity index (χ4v) is 1.08. The smallest absolute Gasteiger partial charge is 0.309 e. The minimum atomic E-state index is -2.92. The lowest BCUT2D eigenvalue weighted by Crippen LogP contribution is -1.87. The van der Waals surface area contributed by atoms with Crippen molar-refractivity contribution in [3.8, 4) is 0 Å². The third-order valence-corrected chi connectivity index (χ3v) is 2.36. The predicted octanol–water partition coefficient (Wildman–Crippen LogP) is 2.01. The molecule has 0 aliphatic rings. The molecular formula is C5H11O3P. The van der Waals surface area contributed by atoms with E-state index in [9.17, 15) is 4.57 Å². The van der Waals surface area contributed by atoms with Crippen LogP contribution in [0.15, 0.2) is 12.4 Å². The number of hydrogen-bond acceptors (Lipinski definition) is 3. The van der Waals surface area contributed by atoms with Crippen molar-refractivity contribution in [1.29, 1.82) is 0 Å². The van der Waals surface area contributed by atoms with E-state index < -0.39 is 7.60 Å². The molecule has 0 saturated heterocycles. The summed E-state index contributed by atoms with van der Waals surface area (Å²) in [5.74, 6) is 1.19. The van der Waals surface area contributed by atoms with Gasteiger partial charge in [0.1, 0.15) is 0 Å². The second-order valence-electron chi connectivity index (χ2n) is 1.32. The standard InChI is InChI=1S/C5H11O3P/c1-4-8-9(6,5-2)7-3/h5H,2,4H2,1,3H3. The molecule has 0 aliphatic heterocycles. The second kappa shape index (κ2) is 3.83. The molecule has 0 aromatic heterocycles. The summed E-state index contributed by atoms with van der Waals surface area (Å²) in [7, 11) is -1.59. The van der Waals surface area contributed by atoms with Crippen molar-refractivity contribution >= 4 is 7.60 Å². The van der Waals surface area contributed by atoms with Crippen LogP contribution in [0.4, 0.5) is 0 Å². The van der Waals surface area contributed by atoms with Gasteiger partial charge in [-0.2, -0.15) is 0 Å². The number of rotatable bonds is 4. The van der Waals surface area contributed by atoms with Crippen molar-refractivity contribution in [3.63, 3.8) is 0 Å². The Morgan fingerprint density at radius 1 is 1.78 bits per heavy atom. The molecule has 0 heterocycles. The van der Waals surface area contributed by atoms with Crippen LogP contribution >= 0.6 is 7.60 Å². The lowest BCUT2D eigenvalue weighted by Gasteiger charge is -2.08.